The van der Waals surface area contributed by atoms with E-state index in [9.17, 15) is 4.39 Å². The van der Waals surface area contributed by atoms with E-state index in [4.69, 9.17) is 5.26 Å². The summed E-state index contributed by atoms with van der Waals surface area (Å²) >= 11 is 0. The van der Waals surface area contributed by atoms with E-state index in [-0.39, 0.29) is 5.82 Å². The minimum Gasteiger partial charge on any atom is -0.375 e. The third kappa shape index (κ3) is 4.04. The summed E-state index contributed by atoms with van der Waals surface area (Å²) in [5.74, 6) is -0.210. The van der Waals surface area contributed by atoms with Crippen LogP contribution >= 0.6 is 0 Å². The summed E-state index contributed by atoms with van der Waals surface area (Å²) in [5.41, 5.74) is 3.25. The zero-order valence-electron chi connectivity index (χ0n) is 12.2. The largest absolute Gasteiger partial charge is 0.375 e. The molecule has 0 spiro atoms. The van der Waals surface area contributed by atoms with Gasteiger partial charge in [0.25, 0.3) is 0 Å². The SMILES string of the molecule is CN(C)c1ccc(CNCc2ccc(C#N)cc2)cc1F. The fraction of sp³-hybridized carbons (Fsp3) is 0.235. The Hall–Kier alpha value is -2.38. The normalized spacial score (nSPS) is 10.2. The van der Waals surface area contributed by atoms with Crippen LogP contribution in [0.4, 0.5) is 10.1 Å². The summed E-state index contributed by atoms with van der Waals surface area (Å²) in [5, 5.41) is 12.0. The van der Waals surface area contributed by atoms with Crippen molar-refractivity contribution in [2.75, 3.05) is 19.0 Å². The molecule has 0 atom stereocenters. The third-order valence-electron chi connectivity index (χ3n) is 3.24. The van der Waals surface area contributed by atoms with Crippen molar-refractivity contribution in [2.45, 2.75) is 13.1 Å². The second kappa shape index (κ2) is 6.87. The highest BCUT2D eigenvalue weighted by Crippen LogP contribution is 2.18. The number of nitriles is 1. The van der Waals surface area contributed by atoms with Crippen molar-refractivity contribution in [3.05, 3.63) is 65.0 Å². The van der Waals surface area contributed by atoms with Gasteiger partial charge in [-0.25, -0.2) is 4.39 Å². The first-order valence-electron chi connectivity index (χ1n) is 6.75. The first-order valence-corrected chi connectivity index (χ1v) is 6.75. The first kappa shape index (κ1) is 15.0. The van der Waals surface area contributed by atoms with Crippen molar-refractivity contribution in [2.24, 2.45) is 0 Å². The lowest BCUT2D eigenvalue weighted by Gasteiger charge is -2.14. The molecule has 0 aliphatic carbocycles. The standard InChI is InChI=1S/C17H18FN3/c1-21(2)17-8-7-15(9-16(17)18)12-20-11-14-5-3-13(10-19)4-6-14/h3-9,20H,11-12H2,1-2H3. The molecule has 2 aromatic rings. The minimum absolute atomic E-state index is 0.210. The molecule has 0 saturated heterocycles. The molecule has 0 aromatic heterocycles. The van der Waals surface area contributed by atoms with Gasteiger partial charge in [0.2, 0.25) is 0 Å². The van der Waals surface area contributed by atoms with Crippen LogP contribution in [0.2, 0.25) is 0 Å². The van der Waals surface area contributed by atoms with Gasteiger partial charge >= 0.3 is 0 Å². The van der Waals surface area contributed by atoms with Crippen molar-refractivity contribution in [1.82, 2.24) is 5.32 Å². The molecular weight excluding hydrogens is 265 g/mol. The molecule has 1 N–H and O–H groups in total. The summed E-state index contributed by atoms with van der Waals surface area (Å²) in [4.78, 5) is 1.75. The number of anilines is 1. The van der Waals surface area contributed by atoms with Gasteiger partial charge in [-0.1, -0.05) is 18.2 Å². The van der Waals surface area contributed by atoms with E-state index in [1.54, 1.807) is 29.2 Å². The molecule has 0 radical (unpaired) electrons. The van der Waals surface area contributed by atoms with Gasteiger partial charge < -0.3 is 10.2 Å². The van der Waals surface area contributed by atoms with Gasteiger partial charge in [0.15, 0.2) is 0 Å². The Morgan fingerprint density at radius 1 is 1.05 bits per heavy atom. The number of benzene rings is 2. The van der Waals surface area contributed by atoms with E-state index < -0.39 is 0 Å². The van der Waals surface area contributed by atoms with Gasteiger partial charge in [0, 0.05) is 27.2 Å². The van der Waals surface area contributed by atoms with E-state index in [1.165, 1.54) is 0 Å². The van der Waals surface area contributed by atoms with Gasteiger partial charge in [0.05, 0.1) is 17.3 Å². The molecule has 4 heteroatoms. The van der Waals surface area contributed by atoms with Gasteiger partial charge in [-0.15, -0.1) is 0 Å². The fourth-order valence-corrected chi connectivity index (χ4v) is 2.07. The Balaban J connectivity index is 1.91. The summed E-state index contributed by atoms with van der Waals surface area (Å²) in [6, 6.07) is 14.8. The molecule has 0 fully saturated rings. The van der Waals surface area contributed by atoms with Gasteiger partial charge in [0.1, 0.15) is 5.82 Å². The molecule has 2 rings (SSSR count). The number of hydrogen-bond donors (Lipinski definition) is 1. The number of halogens is 1. The van der Waals surface area contributed by atoms with Gasteiger partial charge in [-0.3, -0.25) is 0 Å². The van der Waals surface area contributed by atoms with Crippen LogP contribution in [0.25, 0.3) is 0 Å². The van der Waals surface area contributed by atoms with Gasteiger partial charge in [-0.2, -0.15) is 5.26 Å². The number of nitrogens with one attached hydrogen (secondary N) is 1. The molecule has 2 aromatic carbocycles. The molecule has 108 valence electrons. The zero-order valence-corrected chi connectivity index (χ0v) is 12.2. The van der Waals surface area contributed by atoms with Crippen LogP contribution in [0.3, 0.4) is 0 Å². The molecule has 0 amide bonds. The van der Waals surface area contributed by atoms with Crippen molar-refractivity contribution in [3.63, 3.8) is 0 Å². The fourth-order valence-electron chi connectivity index (χ4n) is 2.07. The Morgan fingerprint density at radius 3 is 2.24 bits per heavy atom. The average Bonchev–Trinajstić information content (AvgIpc) is 2.47. The number of nitrogens with zero attached hydrogens (tertiary/aromatic N) is 2. The smallest absolute Gasteiger partial charge is 0.146 e. The Morgan fingerprint density at radius 2 is 1.67 bits per heavy atom. The lowest BCUT2D eigenvalue weighted by molar-refractivity contribution is 0.618. The van der Waals surface area contributed by atoms with Crippen molar-refractivity contribution in [3.8, 4) is 6.07 Å². The van der Waals surface area contributed by atoms with Gasteiger partial charge in [-0.05, 0) is 35.4 Å². The highest BCUT2D eigenvalue weighted by molar-refractivity contribution is 5.47. The van der Waals surface area contributed by atoms with Crippen LogP contribution in [-0.2, 0) is 13.1 Å². The highest BCUT2D eigenvalue weighted by atomic mass is 19.1. The highest BCUT2D eigenvalue weighted by Gasteiger charge is 2.05. The first-order chi connectivity index (χ1) is 10.1. The maximum Gasteiger partial charge on any atom is 0.146 e. The molecule has 0 heterocycles. The van der Waals surface area contributed by atoms with Crippen molar-refractivity contribution < 1.29 is 4.39 Å². The minimum atomic E-state index is -0.210. The predicted octanol–water partition coefficient (Wildman–Crippen LogP) is 3.05. The topological polar surface area (TPSA) is 39.1 Å². The third-order valence-corrected chi connectivity index (χ3v) is 3.24. The van der Waals surface area contributed by atoms with Crippen LogP contribution in [0.5, 0.6) is 0 Å². The predicted molar refractivity (Wildman–Crippen MR) is 82.4 cm³/mol. The lowest BCUT2D eigenvalue weighted by Crippen LogP contribution is -2.14. The lowest BCUT2D eigenvalue weighted by atomic mass is 10.1. The molecule has 0 aliphatic heterocycles. The maximum atomic E-state index is 13.8. The van der Waals surface area contributed by atoms with E-state index in [0.29, 0.717) is 24.3 Å². The van der Waals surface area contributed by atoms with Crippen LogP contribution in [0.15, 0.2) is 42.5 Å². The second-order valence-electron chi connectivity index (χ2n) is 5.09. The van der Waals surface area contributed by atoms with Crippen LogP contribution in [0.1, 0.15) is 16.7 Å². The van der Waals surface area contributed by atoms with E-state index in [0.717, 1.165) is 11.1 Å². The van der Waals surface area contributed by atoms with E-state index in [1.807, 2.05) is 32.3 Å². The van der Waals surface area contributed by atoms with Crippen LogP contribution < -0.4 is 10.2 Å². The molecule has 3 nitrogen and oxygen atoms in total. The summed E-state index contributed by atoms with van der Waals surface area (Å²) in [6.45, 7) is 1.29. The number of rotatable bonds is 5. The van der Waals surface area contributed by atoms with Crippen molar-refractivity contribution in [1.29, 1.82) is 5.26 Å². The summed E-state index contributed by atoms with van der Waals surface area (Å²) < 4.78 is 13.8. The van der Waals surface area contributed by atoms with E-state index >= 15 is 0 Å². The van der Waals surface area contributed by atoms with Crippen LogP contribution in [0, 0.1) is 17.1 Å². The average molecular weight is 283 g/mol. The van der Waals surface area contributed by atoms with Crippen LogP contribution in [-0.4, -0.2) is 14.1 Å². The maximum absolute atomic E-state index is 13.8. The molecule has 0 saturated carbocycles. The molecule has 0 bridgehead atoms. The monoisotopic (exact) mass is 283 g/mol. The Bertz CT molecular complexity index is 642. The molecular formula is C17H18FN3. The quantitative estimate of drug-likeness (QED) is 0.916. The number of hydrogen-bond acceptors (Lipinski definition) is 3. The molecule has 0 aliphatic rings. The Labute approximate surface area is 124 Å². The summed E-state index contributed by atoms with van der Waals surface area (Å²) in [6.07, 6.45) is 0. The zero-order chi connectivity index (χ0) is 15.2. The Kier molecular flexibility index (Phi) is 4.91. The molecule has 21 heavy (non-hydrogen) atoms. The molecule has 0 unspecified atom stereocenters. The summed E-state index contributed by atoms with van der Waals surface area (Å²) in [7, 11) is 3.64. The van der Waals surface area contributed by atoms with Crippen molar-refractivity contribution >= 4 is 5.69 Å². The van der Waals surface area contributed by atoms with E-state index in [2.05, 4.69) is 11.4 Å². The second-order valence-corrected chi connectivity index (χ2v) is 5.09.